The highest BCUT2D eigenvalue weighted by Gasteiger charge is 2.07. The number of hydrogen-bond donors (Lipinski definition) is 1. The zero-order chi connectivity index (χ0) is 8.20. The van der Waals surface area contributed by atoms with Gasteiger partial charge in [0, 0.05) is 0 Å². The fraction of sp³-hybridized carbons (Fsp3) is 0.600. The molecule has 2 N–H and O–H groups in total. The van der Waals surface area contributed by atoms with E-state index in [9.17, 15) is 8.42 Å². The molecule has 0 rings (SSSR count). The lowest BCUT2D eigenvalue weighted by molar-refractivity contribution is 0.233. The topological polar surface area (TPSA) is 69.4 Å². The lowest BCUT2D eigenvalue weighted by Gasteiger charge is -2.06. The normalized spacial score (nSPS) is 14.6. The predicted molar refractivity (Wildman–Crippen MR) is 38.5 cm³/mol. The summed E-state index contributed by atoms with van der Waals surface area (Å²) in [6, 6.07) is 0. The molecule has 0 aliphatic rings. The Morgan fingerprint density at radius 2 is 2.30 bits per heavy atom. The molecule has 60 valence electrons. The first-order valence-corrected chi connectivity index (χ1v) is 4.24. The molecule has 0 bridgehead atoms. The van der Waals surface area contributed by atoms with E-state index in [1.807, 2.05) is 0 Å². The van der Waals surface area contributed by atoms with Crippen LogP contribution in [-0.2, 0) is 14.5 Å². The van der Waals surface area contributed by atoms with Gasteiger partial charge in [0.1, 0.15) is 0 Å². The molecule has 0 aliphatic carbocycles. The molecule has 5 heteroatoms. The third kappa shape index (κ3) is 5.74. The van der Waals surface area contributed by atoms with Gasteiger partial charge in [-0.05, 0) is 13.3 Å². The van der Waals surface area contributed by atoms with Gasteiger partial charge in [0.25, 0.3) is 0 Å². The minimum atomic E-state index is -3.79. The summed E-state index contributed by atoms with van der Waals surface area (Å²) in [4.78, 5) is 0. The fourth-order valence-corrected chi connectivity index (χ4v) is 1.04. The number of rotatable bonds is 4. The lowest BCUT2D eigenvalue weighted by atomic mass is 10.3. The average Bonchev–Trinajstić information content (AvgIpc) is 1.59. The van der Waals surface area contributed by atoms with Gasteiger partial charge in [-0.15, -0.1) is 6.58 Å². The van der Waals surface area contributed by atoms with Crippen molar-refractivity contribution in [2.45, 2.75) is 19.4 Å². The molecule has 0 radical (unpaired) electrons. The van der Waals surface area contributed by atoms with Crippen LogP contribution in [0.2, 0.25) is 0 Å². The highest BCUT2D eigenvalue weighted by molar-refractivity contribution is 7.84. The number of nitrogens with two attached hydrogens (primary N) is 1. The minimum absolute atomic E-state index is 0.424. The SMILES string of the molecule is C=CCC(C)OS(N)(=O)=O. The quantitative estimate of drug-likeness (QED) is 0.604. The van der Waals surface area contributed by atoms with Crippen LogP contribution in [0.4, 0.5) is 0 Å². The average molecular weight is 165 g/mol. The van der Waals surface area contributed by atoms with Crippen LogP contribution in [0.25, 0.3) is 0 Å². The van der Waals surface area contributed by atoms with Crippen LogP contribution in [0.15, 0.2) is 12.7 Å². The summed E-state index contributed by atoms with van der Waals surface area (Å²) in [7, 11) is -3.79. The summed E-state index contributed by atoms with van der Waals surface area (Å²) in [5.74, 6) is 0. The van der Waals surface area contributed by atoms with Crippen molar-refractivity contribution in [1.29, 1.82) is 0 Å². The molecule has 4 nitrogen and oxygen atoms in total. The molecule has 1 atom stereocenters. The Hall–Kier alpha value is -0.390. The number of hydrogen-bond acceptors (Lipinski definition) is 3. The first kappa shape index (κ1) is 9.61. The van der Waals surface area contributed by atoms with Crippen molar-refractivity contribution in [2.24, 2.45) is 5.14 Å². The Balaban J connectivity index is 3.80. The van der Waals surface area contributed by atoms with E-state index in [0.29, 0.717) is 6.42 Å². The molecule has 0 aromatic heterocycles. The largest absolute Gasteiger partial charge is 0.333 e. The summed E-state index contributed by atoms with van der Waals surface area (Å²) in [5, 5.41) is 4.58. The van der Waals surface area contributed by atoms with Crippen molar-refractivity contribution in [2.75, 3.05) is 0 Å². The molecule has 10 heavy (non-hydrogen) atoms. The van der Waals surface area contributed by atoms with E-state index in [4.69, 9.17) is 0 Å². The van der Waals surface area contributed by atoms with Gasteiger partial charge < -0.3 is 0 Å². The molecule has 1 unspecified atom stereocenters. The smallest absolute Gasteiger partial charge is 0.255 e. The van der Waals surface area contributed by atoms with Crippen LogP contribution in [0, 0.1) is 0 Å². The van der Waals surface area contributed by atoms with Crippen LogP contribution >= 0.6 is 0 Å². The maximum Gasteiger partial charge on any atom is 0.333 e. The monoisotopic (exact) mass is 165 g/mol. The van der Waals surface area contributed by atoms with Crippen LogP contribution < -0.4 is 5.14 Å². The van der Waals surface area contributed by atoms with E-state index in [1.165, 1.54) is 0 Å². The van der Waals surface area contributed by atoms with Gasteiger partial charge in [-0.3, -0.25) is 4.18 Å². The van der Waals surface area contributed by atoms with Crippen LogP contribution in [0.3, 0.4) is 0 Å². The van der Waals surface area contributed by atoms with Gasteiger partial charge in [0.15, 0.2) is 0 Å². The van der Waals surface area contributed by atoms with Gasteiger partial charge >= 0.3 is 10.3 Å². The van der Waals surface area contributed by atoms with E-state index < -0.39 is 16.4 Å². The second-order valence-electron chi connectivity index (χ2n) is 1.92. The third-order valence-corrected chi connectivity index (χ3v) is 1.39. The molecular formula is C5H11NO3S. The van der Waals surface area contributed by atoms with E-state index in [-0.39, 0.29) is 0 Å². The van der Waals surface area contributed by atoms with Crippen molar-refractivity contribution in [3.8, 4) is 0 Å². The molecule has 0 heterocycles. The maximum atomic E-state index is 10.2. The van der Waals surface area contributed by atoms with Crippen LogP contribution in [0.5, 0.6) is 0 Å². The third-order valence-electron chi connectivity index (χ3n) is 0.797. The van der Waals surface area contributed by atoms with Crippen molar-refractivity contribution in [3.05, 3.63) is 12.7 Å². The Bertz CT molecular complexity index is 197. The molecule has 0 saturated heterocycles. The minimum Gasteiger partial charge on any atom is -0.255 e. The van der Waals surface area contributed by atoms with Crippen molar-refractivity contribution < 1.29 is 12.6 Å². The zero-order valence-electron chi connectivity index (χ0n) is 5.78. The summed E-state index contributed by atoms with van der Waals surface area (Å²) in [5.41, 5.74) is 0. The van der Waals surface area contributed by atoms with Crippen LogP contribution in [0.1, 0.15) is 13.3 Å². The Labute approximate surface area is 60.9 Å². The summed E-state index contributed by atoms with van der Waals surface area (Å²) >= 11 is 0. The first-order chi connectivity index (χ1) is 4.45. The standard InChI is InChI=1S/C5H11NO3S/c1-3-4-5(2)9-10(6,7)8/h3,5H,1,4H2,2H3,(H2,6,7,8). The molecule has 0 aliphatic heterocycles. The lowest BCUT2D eigenvalue weighted by Crippen LogP contribution is -2.21. The molecule has 0 aromatic carbocycles. The van der Waals surface area contributed by atoms with Gasteiger partial charge in [-0.2, -0.15) is 8.42 Å². The molecule has 0 saturated carbocycles. The van der Waals surface area contributed by atoms with Crippen molar-refractivity contribution in [1.82, 2.24) is 0 Å². The summed E-state index contributed by atoms with van der Waals surface area (Å²) < 4.78 is 24.8. The summed E-state index contributed by atoms with van der Waals surface area (Å²) in [6.07, 6.45) is 1.61. The van der Waals surface area contributed by atoms with Crippen LogP contribution in [-0.4, -0.2) is 14.5 Å². The second kappa shape index (κ2) is 3.70. The van der Waals surface area contributed by atoms with Gasteiger partial charge in [-0.1, -0.05) is 6.08 Å². The highest BCUT2D eigenvalue weighted by Crippen LogP contribution is 1.99. The Morgan fingerprint density at radius 3 is 2.60 bits per heavy atom. The Kier molecular flexibility index (Phi) is 3.55. The van der Waals surface area contributed by atoms with Gasteiger partial charge in [0.05, 0.1) is 6.10 Å². The van der Waals surface area contributed by atoms with E-state index >= 15 is 0 Å². The molecule has 0 fully saturated rings. The second-order valence-corrected chi connectivity index (χ2v) is 3.10. The highest BCUT2D eigenvalue weighted by atomic mass is 32.2. The fourth-order valence-electron chi connectivity index (χ4n) is 0.503. The maximum absolute atomic E-state index is 10.2. The summed E-state index contributed by atoms with van der Waals surface area (Å²) in [6.45, 7) is 5.02. The van der Waals surface area contributed by atoms with Crippen molar-refractivity contribution in [3.63, 3.8) is 0 Å². The van der Waals surface area contributed by atoms with E-state index in [1.54, 1.807) is 13.0 Å². The predicted octanol–water partition coefficient (Wildman–Crippen LogP) is 0.171. The molecule has 0 spiro atoms. The molecule has 0 aromatic rings. The van der Waals surface area contributed by atoms with Gasteiger partial charge in [0.2, 0.25) is 0 Å². The zero-order valence-corrected chi connectivity index (χ0v) is 6.60. The molecule has 0 amide bonds. The Morgan fingerprint density at radius 1 is 1.80 bits per heavy atom. The molecular weight excluding hydrogens is 154 g/mol. The first-order valence-electron chi connectivity index (χ1n) is 2.77. The van der Waals surface area contributed by atoms with E-state index in [2.05, 4.69) is 15.9 Å². The van der Waals surface area contributed by atoms with Crippen molar-refractivity contribution >= 4 is 10.3 Å². The van der Waals surface area contributed by atoms with Gasteiger partial charge in [-0.25, -0.2) is 5.14 Å². The van der Waals surface area contributed by atoms with E-state index in [0.717, 1.165) is 0 Å².